The molecule has 0 atom stereocenters. The molecule has 4 rings (SSSR count). The maximum atomic E-state index is 5.49. The summed E-state index contributed by atoms with van der Waals surface area (Å²) in [7, 11) is 0. The minimum Gasteiger partial charge on any atom is -0.454 e. The third-order valence-corrected chi connectivity index (χ3v) is 3.55. The molecule has 5 heteroatoms. The molecule has 0 radical (unpaired) electrons. The van der Waals surface area contributed by atoms with Gasteiger partial charge in [-0.05, 0) is 25.0 Å². The Bertz CT molecular complexity index is 641. The molecule has 1 aliphatic heterocycles. The quantitative estimate of drug-likeness (QED) is 0.924. The van der Waals surface area contributed by atoms with Crippen LogP contribution in [0.15, 0.2) is 30.5 Å². The van der Waals surface area contributed by atoms with Crippen LogP contribution in [0, 0.1) is 0 Å². The Morgan fingerprint density at radius 3 is 3.05 bits per heavy atom. The van der Waals surface area contributed by atoms with Crippen LogP contribution < -0.4 is 14.8 Å². The molecule has 1 aliphatic carbocycles. The molecule has 20 heavy (non-hydrogen) atoms. The summed E-state index contributed by atoms with van der Waals surface area (Å²) in [5, 5.41) is 3.33. The fraction of sp³-hybridized carbons (Fsp3) is 0.333. The van der Waals surface area contributed by atoms with Crippen molar-refractivity contribution in [2.45, 2.75) is 25.3 Å². The lowest BCUT2D eigenvalue weighted by Gasteiger charge is -2.08. The third-order valence-electron chi connectivity index (χ3n) is 3.55. The topological polar surface area (TPSA) is 56.3 Å². The molecular weight excluding hydrogens is 254 g/mol. The molecule has 1 aromatic carbocycles. The summed E-state index contributed by atoms with van der Waals surface area (Å²) in [5.74, 6) is 4.02. The van der Waals surface area contributed by atoms with Crippen LogP contribution in [0.25, 0.3) is 0 Å². The summed E-state index contributed by atoms with van der Waals surface area (Å²) < 4.78 is 10.9. The Labute approximate surface area is 117 Å². The van der Waals surface area contributed by atoms with Crippen molar-refractivity contribution < 1.29 is 9.47 Å². The molecular formula is C15H15N3O2. The summed E-state index contributed by atoms with van der Waals surface area (Å²) in [5.41, 5.74) is 1.08. The third kappa shape index (κ3) is 2.15. The van der Waals surface area contributed by atoms with Gasteiger partial charge in [-0.2, -0.15) is 0 Å². The van der Waals surface area contributed by atoms with Gasteiger partial charge in [0.2, 0.25) is 6.79 Å². The maximum Gasteiger partial charge on any atom is 0.231 e. The molecule has 0 saturated heterocycles. The van der Waals surface area contributed by atoms with Gasteiger partial charge in [-0.25, -0.2) is 9.97 Å². The monoisotopic (exact) mass is 269 g/mol. The van der Waals surface area contributed by atoms with Crippen molar-refractivity contribution in [1.82, 2.24) is 9.97 Å². The van der Waals surface area contributed by atoms with E-state index in [9.17, 15) is 0 Å². The Morgan fingerprint density at radius 2 is 2.15 bits per heavy atom. The van der Waals surface area contributed by atoms with Crippen molar-refractivity contribution in [1.29, 1.82) is 0 Å². The molecule has 1 fully saturated rings. The van der Waals surface area contributed by atoms with E-state index in [0.29, 0.717) is 19.3 Å². The highest BCUT2D eigenvalue weighted by atomic mass is 16.7. The SMILES string of the molecule is c1cc(CNc2ccnc(C3CC3)n2)c2c(c1)OCO2. The van der Waals surface area contributed by atoms with Crippen LogP contribution in [0.3, 0.4) is 0 Å². The number of ether oxygens (including phenoxy) is 2. The van der Waals surface area contributed by atoms with Gasteiger partial charge < -0.3 is 14.8 Å². The van der Waals surface area contributed by atoms with Crippen LogP contribution in [0.5, 0.6) is 11.5 Å². The largest absolute Gasteiger partial charge is 0.454 e. The Balaban J connectivity index is 1.50. The van der Waals surface area contributed by atoms with Gasteiger partial charge in [-0.1, -0.05) is 12.1 Å². The van der Waals surface area contributed by atoms with E-state index in [4.69, 9.17) is 9.47 Å². The predicted octanol–water partition coefficient (Wildman–Crippen LogP) is 2.69. The lowest BCUT2D eigenvalue weighted by Crippen LogP contribution is -2.04. The fourth-order valence-corrected chi connectivity index (χ4v) is 2.33. The van der Waals surface area contributed by atoms with Gasteiger partial charge in [0.15, 0.2) is 11.5 Å². The van der Waals surface area contributed by atoms with Gasteiger partial charge in [-0.15, -0.1) is 0 Å². The van der Waals surface area contributed by atoms with Crippen LogP contribution >= 0.6 is 0 Å². The number of anilines is 1. The second kappa shape index (κ2) is 4.67. The summed E-state index contributed by atoms with van der Waals surface area (Å²) in [6.45, 7) is 0.958. The van der Waals surface area contributed by atoms with E-state index in [1.807, 2.05) is 30.5 Å². The van der Waals surface area contributed by atoms with Crippen molar-refractivity contribution in [3.05, 3.63) is 41.9 Å². The van der Waals surface area contributed by atoms with E-state index in [2.05, 4.69) is 15.3 Å². The molecule has 102 valence electrons. The average Bonchev–Trinajstić information content (AvgIpc) is 3.23. The molecule has 1 saturated carbocycles. The van der Waals surface area contributed by atoms with Crippen molar-refractivity contribution in [3.63, 3.8) is 0 Å². The first-order valence-electron chi connectivity index (χ1n) is 6.84. The van der Waals surface area contributed by atoms with E-state index >= 15 is 0 Å². The van der Waals surface area contributed by atoms with Crippen LogP contribution in [0.2, 0.25) is 0 Å². The number of benzene rings is 1. The number of hydrogen-bond acceptors (Lipinski definition) is 5. The Hall–Kier alpha value is -2.30. The second-order valence-corrected chi connectivity index (χ2v) is 5.08. The van der Waals surface area contributed by atoms with Crippen molar-refractivity contribution in [2.24, 2.45) is 0 Å². The van der Waals surface area contributed by atoms with Crippen LogP contribution in [0.4, 0.5) is 5.82 Å². The van der Waals surface area contributed by atoms with Gasteiger partial charge in [0.05, 0.1) is 0 Å². The molecule has 1 aromatic heterocycles. The van der Waals surface area contributed by atoms with Gasteiger partial charge in [0.1, 0.15) is 11.6 Å². The standard InChI is InChI=1S/C15H15N3O2/c1-2-11(14-12(3-1)19-9-20-14)8-17-13-6-7-16-15(18-13)10-4-5-10/h1-3,6-7,10H,4-5,8-9H2,(H,16,17,18). The van der Waals surface area contributed by atoms with Crippen molar-refractivity contribution in [2.75, 3.05) is 12.1 Å². The Kier molecular flexibility index (Phi) is 2.69. The highest BCUT2D eigenvalue weighted by Gasteiger charge is 2.26. The number of nitrogens with zero attached hydrogens (tertiary/aromatic N) is 2. The minimum absolute atomic E-state index is 0.297. The Morgan fingerprint density at radius 1 is 1.20 bits per heavy atom. The number of para-hydroxylation sites is 1. The number of fused-ring (bicyclic) bond motifs is 1. The van der Waals surface area contributed by atoms with E-state index < -0.39 is 0 Å². The van der Waals surface area contributed by atoms with Gasteiger partial charge >= 0.3 is 0 Å². The van der Waals surface area contributed by atoms with E-state index in [0.717, 1.165) is 28.7 Å². The second-order valence-electron chi connectivity index (χ2n) is 5.08. The normalized spacial score (nSPS) is 16.2. The first-order chi connectivity index (χ1) is 9.90. The van der Waals surface area contributed by atoms with Crippen molar-refractivity contribution in [3.8, 4) is 11.5 Å². The van der Waals surface area contributed by atoms with E-state index in [1.54, 1.807) is 0 Å². The zero-order valence-corrected chi connectivity index (χ0v) is 11.0. The number of nitrogens with one attached hydrogen (secondary N) is 1. The molecule has 0 unspecified atom stereocenters. The zero-order valence-electron chi connectivity index (χ0n) is 11.0. The molecule has 0 spiro atoms. The summed E-state index contributed by atoms with van der Waals surface area (Å²) in [4.78, 5) is 8.87. The van der Waals surface area contributed by atoms with E-state index in [1.165, 1.54) is 12.8 Å². The van der Waals surface area contributed by atoms with Gasteiger partial charge in [-0.3, -0.25) is 0 Å². The van der Waals surface area contributed by atoms with Gasteiger partial charge in [0.25, 0.3) is 0 Å². The number of aromatic nitrogens is 2. The molecule has 2 heterocycles. The number of rotatable bonds is 4. The molecule has 0 amide bonds. The fourth-order valence-electron chi connectivity index (χ4n) is 2.33. The zero-order chi connectivity index (χ0) is 13.4. The summed E-state index contributed by atoms with van der Waals surface area (Å²) in [6.07, 6.45) is 4.24. The maximum absolute atomic E-state index is 5.49. The predicted molar refractivity (Wildman–Crippen MR) is 73.9 cm³/mol. The highest BCUT2D eigenvalue weighted by Crippen LogP contribution is 2.38. The first-order valence-corrected chi connectivity index (χ1v) is 6.84. The molecule has 2 aromatic rings. The molecule has 0 bridgehead atoms. The van der Waals surface area contributed by atoms with Crippen molar-refractivity contribution >= 4 is 5.82 Å². The number of hydrogen-bond donors (Lipinski definition) is 1. The van der Waals surface area contributed by atoms with E-state index in [-0.39, 0.29) is 0 Å². The highest BCUT2D eigenvalue weighted by molar-refractivity contribution is 5.49. The molecule has 5 nitrogen and oxygen atoms in total. The van der Waals surface area contributed by atoms with Crippen LogP contribution in [-0.2, 0) is 6.54 Å². The summed E-state index contributed by atoms with van der Waals surface area (Å²) in [6, 6.07) is 7.82. The van der Waals surface area contributed by atoms with Gasteiger partial charge in [0, 0.05) is 24.2 Å². The lowest BCUT2D eigenvalue weighted by atomic mass is 10.2. The van der Waals surface area contributed by atoms with Crippen LogP contribution in [0.1, 0.15) is 30.1 Å². The van der Waals surface area contributed by atoms with Crippen LogP contribution in [-0.4, -0.2) is 16.8 Å². The first kappa shape index (κ1) is 11.5. The molecule has 1 N–H and O–H groups in total. The summed E-state index contributed by atoms with van der Waals surface area (Å²) >= 11 is 0. The average molecular weight is 269 g/mol. The lowest BCUT2D eigenvalue weighted by molar-refractivity contribution is 0.173. The minimum atomic E-state index is 0.297. The smallest absolute Gasteiger partial charge is 0.231 e. The molecule has 2 aliphatic rings.